The number of aliphatic hydroxyl groups is 1. The normalized spacial score (nSPS) is 19.1. The molecule has 5 nitrogen and oxygen atoms in total. The van der Waals surface area contributed by atoms with Crippen LogP contribution in [0.4, 0.5) is 8.78 Å². The summed E-state index contributed by atoms with van der Waals surface area (Å²) in [5.74, 6) is -3.34. The zero-order valence-corrected chi connectivity index (χ0v) is 16.5. The lowest BCUT2D eigenvalue weighted by Gasteiger charge is -2.24. The molecule has 0 aromatic heterocycles. The monoisotopic (exact) mass is 389 g/mol. The zero-order chi connectivity index (χ0) is 20.3. The molecule has 1 fully saturated rings. The fourth-order valence-corrected chi connectivity index (χ4v) is 3.19. The fourth-order valence-electron chi connectivity index (χ4n) is 3.19. The predicted octanol–water partition coefficient (Wildman–Crippen LogP) is 3.84. The maximum atomic E-state index is 13.8. The van der Waals surface area contributed by atoms with E-state index in [4.69, 9.17) is 0 Å². The average Bonchev–Trinajstić information content (AvgIpc) is 3.00. The quantitative estimate of drug-likeness (QED) is 0.295. The summed E-state index contributed by atoms with van der Waals surface area (Å²) in [6.45, 7) is 2.39. The summed E-state index contributed by atoms with van der Waals surface area (Å²) in [6.07, 6.45) is 6.24. The molecule has 1 amide bonds. The van der Waals surface area contributed by atoms with E-state index in [9.17, 15) is 23.5 Å². The van der Waals surface area contributed by atoms with Gasteiger partial charge in [-0.05, 0) is 25.7 Å². The summed E-state index contributed by atoms with van der Waals surface area (Å²) in [6, 6.07) is -0.232. The third-order valence-corrected chi connectivity index (χ3v) is 4.94. The van der Waals surface area contributed by atoms with E-state index in [0.29, 0.717) is 38.6 Å². The van der Waals surface area contributed by atoms with Crippen LogP contribution in [-0.2, 0) is 14.3 Å². The lowest BCUT2D eigenvalue weighted by molar-refractivity contribution is -0.140. The van der Waals surface area contributed by atoms with Gasteiger partial charge in [0, 0.05) is 25.8 Å². The third kappa shape index (κ3) is 8.37. The Hall–Kier alpha value is -1.50. The summed E-state index contributed by atoms with van der Waals surface area (Å²) in [4.78, 5) is 24.8. The number of unbranched alkanes of at least 4 members (excludes halogenated alkanes) is 4. The van der Waals surface area contributed by atoms with Crippen LogP contribution in [0.3, 0.4) is 0 Å². The van der Waals surface area contributed by atoms with Crippen LogP contribution < -0.4 is 0 Å². The lowest BCUT2D eigenvalue weighted by Crippen LogP contribution is -2.34. The molecule has 0 spiro atoms. The Bertz CT molecular complexity index is 496. The number of hydrogen-bond acceptors (Lipinski definition) is 4. The zero-order valence-electron chi connectivity index (χ0n) is 16.5. The van der Waals surface area contributed by atoms with Gasteiger partial charge >= 0.3 is 5.97 Å². The minimum atomic E-state index is -3.14. The highest BCUT2D eigenvalue weighted by atomic mass is 19.3. The van der Waals surface area contributed by atoms with Gasteiger partial charge in [0.25, 0.3) is 5.92 Å². The van der Waals surface area contributed by atoms with E-state index >= 15 is 0 Å². The van der Waals surface area contributed by atoms with E-state index in [2.05, 4.69) is 4.74 Å². The fraction of sp³-hybridized carbons (Fsp3) is 0.800. The Morgan fingerprint density at radius 2 is 2.04 bits per heavy atom. The lowest BCUT2D eigenvalue weighted by atomic mass is 10.0. The number of hydrogen-bond donors (Lipinski definition) is 1. The second-order valence-corrected chi connectivity index (χ2v) is 7.13. The molecular weight excluding hydrogens is 356 g/mol. The molecule has 27 heavy (non-hydrogen) atoms. The summed E-state index contributed by atoms with van der Waals surface area (Å²) >= 11 is 0. The number of amides is 1. The molecule has 1 heterocycles. The Labute approximate surface area is 160 Å². The van der Waals surface area contributed by atoms with Crippen molar-refractivity contribution in [1.82, 2.24) is 4.90 Å². The highest BCUT2D eigenvalue weighted by molar-refractivity contribution is 5.79. The molecular formula is C20H33F2NO4. The molecule has 0 bridgehead atoms. The van der Waals surface area contributed by atoms with Crippen molar-refractivity contribution in [2.24, 2.45) is 0 Å². The van der Waals surface area contributed by atoms with Gasteiger partial charge in [0.1, 0.15) is 6.10 Å². The van der Waals surface area contributed by atoms with Crippen LogP contribution in [0, 0.1) is 0 Å². The molecule has 0 aromatic carbocycles. The number of likely N-dealkylation sites (tertiary alicyclic amines) is 1. The molecule has 2 atom stereocenters. The number of halogens is 2. The number of carbonyl (C=O) groups is 2. The number of aliphatic hydroxyl groups excluding tert-OH is 1. The van der Waals surface area contributed by atoms with Gasteiger partial charge in [-0.2, -0.15) is 0 Å². The smallest absolute Gasteiger partial charge is 0.305 e. The minimum absolute atomic E-state index is 0.0199. The first kappa shape index (κ1) is 23.5. The van der Waals surface area contributed by atoms with Crippen molar-refractivity contribution in [3.63, 3.8) is 0 Å². The number of alkyl halides is 2. The second kappa shape index (κ2) is 12.1. The maximum absolute atomic E-state index is 13.8. The SMILES string of the molecule is CCCCC(F)(F)C(O)/C=C/C1CCC(=O)N1CCCCCCC(=O)OC. The number of ether oxygens (including phenoxy) is 1. The van der Waals surface area contributed by atoms with Crippen molar-refractivity contribution in [3.05, 3.63) is 12.2 Å². The molecule has 0 aromatic rings. The van der Waals surface area contributed by atoms with Crippen LogP contribution in [0.5, 0.6) is 0 Å². The van der Waals surface area contributed by atoms with E-state index in [1.807, 2.05) is 6.92 Å². The molecule has 0 radical (unpaired) electrons. The van der Waals surface area contributed by atoms with Crippen molar-refractivity contribution >= 4 is 11.9 Å². The van der Waals surface area contributed by atoms with E-state index in [-0.39, 0.29) is 24.3 Å². The van der Waals surface area contributed by atoms with Gasteiger partial charge in [-0.15, -0.1) is 0 Å². The van der Waals surface area contributed by atoms with Crippen molar-refractivity contribution < 1.29 is 28.2 Å². The van der Waals surface area contributed by atoms with E-state index in [0.717, 1.165) is 31.8 Å². The number of carbonyl (C=O) groups excluding carboxylic acids is 2. The van der Waals surface area contributed by atoms with Crippen LogP contribution in [-0.4, -0.2) is 53.6 Å². The highest BCUT2D eigenvalue weighted by Crippen LogP contribution is 2.27. The molecule has 1 saturated heterocycles. The van der Waals surface area contributed by atoms with E-state index in [1.54, 1.807) is 11.0 Å². The van der Waals surface area contributed by atoms with Crippen molar-refractivity contribution in [1.29, 1.82) is 0 Å². The summed E-state index contributed by atoms with van der Waals surface area (Å²) in [5, 5.41) is 9.78. The number of rotatable bonds is 13. The van der Waals surface area contributed by atoms with Gasteiger partial charge in [0.15, 0.2) is 0 Å². The van der Waals surface area contributed by atoms with Crippen molar-refractivity contribution in [2.75, 3.05) is 13.7 Å². The molecule has 0 saturated carbocycles. The molecule has 2 unspecified atom stereocenters. The van der Waals surface area contributed by atoms with Gasteiger partial charge in [0.2, 0.25) is 5.91 Å². The summed E-state index contributed by atoms with van der Waals surface area (Å²) in [7, 11) is 1.37. The number of esters is 1. The van der Waals surface area contributed by atoms with Crippen LogP contribution >= 0.6 is 0 Å². The molecule has 1 rings (SSSR count). The largest absolute Gasteiger partial charge is 0.469 e. The van der Waals surface area contributed by atoms with Crippen LogP contribution in [0.15, 0.2) is 12.2 Å². The van der Waals surface area contributed by atoms with Gasteiger partial charge in [-0.3, -0.25) is 9.59 Å². The van der Waals surface area contributed by atoms with Crippen LogP contribution in [0.1, 0.15) is 71.1 Å². The molecule has 156 valence electrons. The molecule has 1 aliphatic heterocycles. The topological polar surface area (TPSA) is 66.8 Å². The first-order chi connectivity index (χ1) is 12.8. The summed E-state index contributed by atoms with van der Waals surface area (Å²) in [5.41, 5.74) is 0. The molecule has 1 aliphatic rings. The van der Waals surface area contributed by atoms with Crippen LogP contribution in [0.25, 0.3) is 0 Å². The molecule has 0 aliphatic carbocycles. The average molecular weight is 389 g/mol. The van der Waals surface area contributed by atoms with E-state index in [1.165, 1.54) is 7.11 Å². The Kier molecular flexibility index (Phi) is 10.5. The van der Waals surface area contributed by atoms with Crippen molar-refractivity contribution in [3.8, 4) is 0 Å². The standard InChI is InChI=1S/C20H33F2NO4/c1-3-4-14-20(21,22)17(24)12-10-16-11-13-18(25)23(16)15-8-6-5-7-9-19(26)27-2/h10,12,16-17,24H,3-9,11,13-15H2,1-2H3/b12-10+. The van der Waals surface area contributed by atoms with Gasteiger partial charge in [0.05, 0.1) is 13.2 Å². The first-order valence-corrected chi connectivity index (χ1v) is 9.92. The third-order valence-electron chi connectivity index (χ3n) is 4.94. The maximum Gasteiger partial charge on any atom is 0.305 e. The number of methoxy groups -OCH3 is 1. The van der Waals surface area contributed by atoms with E-state index < -0.39 is 12.0 Å². The van der Waals surface area contributed by atoms with Gasteiger partial charge in [-0.25, -0.2) is 8.78 Å². The Balaban J connectivity index is 2.41. The number of nitrogens with zero attached hydrogens (tertiary/aromatic N) is 1. The molecule has 7 heteroatoms. The van der Waals surface area contributed by atoms with Gasteiger partial charge in [-0.1, -0.05) is 38.3 Å². The highest BCUT2D eigenvalue weighted by Gasteiger charge is 2.36. The Morgan fingerprint density at radius 3 is 2.70 bits per heavy atom. The summed E-state index contributed by atoms with van der Waals surface area (Å²) < 4.78 is 32.3. The Morgan fingerprint density at radius 1 is 1.33 bits per heavy atom. The molecule has 1 N–H and O–H groups in total. The van der Waals surface area contributed by atoms with Gasteiger partial charge < -0.3 is 14.7 Å². The second-order valence-electron chi connectivity index (χ2n) is 7.13. The minimum Gasteiger partial charge on any atom is -0.469 e. The van der Waals surface area contributed by atoms with Crippen LogP contribution in [0.2, 0.25) is 0 Å². The predicted molar refractivity (Wildman–Crippen MR) is 99.5 cm³/mol. The first-order valence-electron chi connectivity index (χ1n) is 9.92. The van der Waals surface area contributed by atoms with Crippen molar-refractivity contribution in [2.45, 2.75) is 89.2 Å².